The number of hydrogen-bond donors (Lipinski definition) is 2. The second kappa shape index (κ2) is 10.9. The van der Waals surface area contributed by atoms with E-state index in [-0.39, 0.29) is 11.9 Å². The van der Waals surface area contributed by atoms with E-state index < -0.39 is 11.7 Å². The maximum atomic E-state index is 12.3. The largest absolute Gasteiger partial charge is 0.443 e. The van der Waals surface area contributed by atoms with Crippen molar-refractivity contribution in [3.05, 3.63) is 36.7 Å². The minimum Gasteiger partial charge on any atom is -0.443 e. The van der Waals surface area contributed by atoms with E-state index >= 15 is 0 Å². The molecule has 0 atom stereocenters. The summed E-state index contributed by atoms with van der Waals surface area (Å²) in [6.07, 6.45) is 1.88. The lowest BCUT2D eigenvalue weighted by atomic mass is 10.2. The van der Waals surface area contributed by atoms with Crippen molar-refractivity contribution in [2.45, 2.75) is 39.7 Å². The number of nitrogens with zero attached hydrogens (tertiary/aromatic N) is 8. The van der Waals surface area contributed by atoms with Gasteiger partial charge in [0.1, 0.15) is 17.7 Å². The van der Waals surface area contributed by atoms with Crippen molar-refractivity contribution in [3.8, 4) is 5.82 Å². The number of ether oxygens (including phenoxy) is 1. The molecule has 3 heterocycles. The van der Waals surface area contributed by atoms with Crippen LogP contribution in [-0.4, -0.2) is 80.5 Å². The number of anilines is 5. The molecule has 4 rings (SSSR count). The van der Waals surface area contributed by atoms with Gasteiger partial charge in [0.15, 0.2) is 5.82 Å². The second-order valence-electron chi connectivity index (χ2n) is 10.00. The van der Waals surface area contributed by atoms with Crippen LogP contribution in [0.2, 0.25) is 0 Å². The van der Waals surface area contributed by atoms with E-state index in [2.05, 4.69) is 30.3 Å². The first-order valence-electron chi connectivity index (χ1n) is 12.4. The Morgan fingerprint density at radius 2 is 1.76 bits per heavy atom. The van der Waals surface area contributed by atoms with Crippen LogP contribution in [0.1, 0.15) is 34.1 Å². The molecule has 1 saturated heterocycles. The van der Waals surface area contributed by atoms with E-state index in [0.717, 1.165) is 25.3 Å². The average Bonchev–Trinajstić information content (AvgIpc) is 3.06. The molecule has 13 nitrogen and oxygen atoms in total. The van der Waals surface area contributed by atoms with Crippen molar-refractivity contribution in [3.63, 3.8) is 0 Å². The van der Waals surface area contributed by atoms with Gasteiger partial charge in [-0.25, -0.2) is 14.8 Å². The minimum atomic E-state index is -0.578. The lowest BCUT2D eigenvalue weighted by Gasteiger charge is -2.24. The van der Waals surface area contributed by atoms with Crippen LogP contribution in [0.15, 0.2) is 36.7 Å². The zero-order valence-corrected chi connectivity index (χ0v) is 22.4. The number of carbonyl (C=O) groups excluding carboxylic acids is 2. The lowest BCUT2D eigenvalue weighted by molar-refractivity contribution is -0.128. The van der Waals surface area contributed by atoms with Gasteiger partial charge in [-0.3, -0.25) is 9.69 Å². The predicted octanol–water partition coefficient (Wildman–Crippen LogP) is 2.81. The summed E-state index contributed by atoms with van der Waals surface area (Å²) in [4.78, 5) is 42.5. The Morgan fingerprint density at radius 1 is 1.05 bits per heavy atom. The van der Waals surface area contributed by atoms with Crippen molar-refractivity contribution in [1.82, 2.24) is 29.6 Å². The van der Waals surface area contributed by atoms with Crippen molar-refractivity contribution in [2.24, 2.45) is 0 Å². The van der Waals surface area contributed by atoms with Crippen molar-refractivity contribution in [1.29, 1.82) is 0 Å². The molecule has 1 aliphatic rings. The summed E-state index contributed by atoms with van der Waals surface area (Å²) in [7, 11) is 1.65. The molecule has 0 radical (unpaired) electrons. The molecule has 0 unspecified atom stereocenters. The number of benzene rings is 1. The predicted molar refractivity (Wildman–Crippen MR) is 145 cm³/mol. The van der Waals surface area contributed by atoms with Gasteiger partial charge in [0.25, 0.3) is 0 Å². The monoisotopic (exact) mass is 522 g/mol. The van der Waals surface area contributed by atoms with E-state index in [0.29, 0.717) is 36.2 Å². The van der Waals surface area contributed by atoms with Crippen LogP contribution in [0.4, 0.5) is 33.9 Å². The highest BCUT2D eigenvalue weighted by atomic mass is 16.6. The van der Waals surface area contributed by atoms with Gasteiger partial charge < -0.3 is 25.6 Å². The van der Waals surface area contributed by atoms with Crippen LogP contribution in [0.5, 0.6) is 0 Å². The SMILES string of the molecule is CC(=O)N1CCCN(c2cc(-n3nc(Nc4ccc(N(C)C(=O)OC(C)(C)C)cc4)nc3N)ncn2)CC1. The van der Waals surface area contributed by atoms with E-state index in [1.54, 1.807) is 44.3 Å². The zero-order chi connectivity index (χ0) is 27.4. The molecule has 1 fully saturated rings. The Hall–Kier alpha value is -4.42. The molecule has 2 amide bonds. The molecule has 0 spiro atoms. The third kappa shape index (κ3) is 6.47. The molecule has 202 valence electrons. The third-order valence-electron chi connectivity index (χ3n) is 5.93. The lowest BCUT2D eigenvalue weighted by Crippen LogP contribution is -2.34. The number of rotatable bonds is 5. The molecule has 0 saturated carbocycles. The summed E-state index contributed by atoms with van der Waals surface area (Å²) in [5.74, 6) is 1.75. The third-order valence-corrected chi connectivity index (χ3v) is 5.93. The fourth-order valence-corrected chi connectivity index (χ4v) is 3.97. The van der Waals surface area contributed by atoms with E-state index in [1.165, 1.54) is 15.9 Å². The van der Waals surface area contributed by atoms with Crippen molar-refractivity contribution >= 4 is 41.1 Å². The fraction of sp³-hybridized carbons (Fsp3) is 0.440. The Labute approximate surface area is 221 Å². The normalized spacial score (nSPS) is 14.1. The Morgan fingerprint density at radius 3 is 2.45 bits per heavy atom. The molecule has 38 heavy (non-hydrogen) atoms. The van der Waals surface area contributed by atoms with Gasteiger partial charge in [0.2, 0.25) is 17.8 Å². The molecular weight excluding hydrogens is 488 g/mol. The average molecular weight is 523 g/mol. The standard InChI is InChI=1S/C25H34N10O3/c1-17(36)33-11-6-12-34(14-13-33)20-15-21(28-16-27-20)35-22(26)30-23(31-35)29-18-7-9-19(10-8-18)32(5)24(37)38-25(2,3)4/h7-10,15-16H,6,11-14H2,1-5H3,(H3,26,29,30,31). The number of nitrogen functional groups attached to an aromatic ring is 1. The maximum absolute atomic E-state index is 12.3. The van der Waals surface area contributed by atoms with E-state index in [4.69, 9.17) is 10.5 Å². The first kappa shape index (κ1) is 26.6. The van der Waals surface area contributed by atoms with Crippen LogP contribution in [0, 0.1) is 0 Å². The van der Waals surface area contributed by atoms with Crippen LogP contribution < -0.4 is 20.9 Å². The first-order valence-corrected chi connectivity index (χ1v) is 12.4. The quantitative estimate of drug-likeness (QED) is 0.512. The molecule has 1 aromatic carbocycles. The molecule has 3 aromatic rings. The van der Waals surface area contributed by atoms with Gasteiger partial charge in [-0.1, -0.05) is 0 Å². The smallest absolute Gasteiger partial charge is 0.414 e. The molecular formula is C25H34N10O3. The molecule has 3 N–H and O–H groups in total. The van der Waals surface area contributed by atoms with Gasteiger partial charge in [-0.15, -0.1) is 5.10 Å². The van der Waals surface area contributed by atoms with Crippen LogP contribution in [-0.2, 0) is 9.53 Å². The maximum Gasteiger partial charge on any atom is 0.414 e. The van der Waals surface area contributed by atoms with Crippen LogP contribution in [0.3, 0.4) is 0 Å². The number of hydrogen-bond acceptors (Lipinski definition) is 10. The molecule has 13 heteroatoms. The Kier molecular flexibility index (Phi) is 7.65. The Balaban J connectivity index is 1.45. The highest BCUT2D eigenvalue weighted by molar-refractivity contribution is 5.87. The van der Waals surface area contributed by atoms with Crippen LogP contribution >= 0.6 is 0 Å². The Bertz CT molecular complexity index is 1290. The number of aromatic nitrogens is 5. The van der Waals surface area contributed by atoms with Gasteiger partial charge >= 0.3 is 6.09 Å². The summed E-state index contributed by atoms with van der Waals surface area (Å²) in [6.45, 7) is 9.88. The molecule has 2 aromatic heterocycles. The summed E-state index contributed by atoms with van der Waals surface area (Å²) in [5.41, 5.74) is 6.97. The number of nitrogens with one attached hydrogen (secondary N) is 1. The van der Waals surface area contributed by atoms with Gasteiger partial charge in [-0.2, -0.15) is 9.67 Å². The highest BCUT2D eigenvalue weighted by Gasteiger charge is 2.21. The fourth-order valence-electron chi connectivity index (χ4n) is 3.97. The molecule has 0 aliphatic carbocycles. The van der Waals surface area contributed by atoms with Crippen molar-refractivity contribution in [2.75, 3.05) is 54.1 Å². The topological polar surface area (TPSA) is 148 Å². The highest BCUT2D eigenvalue weighted by Crippen LogP contribution is 2.23. The van der Waals surface area contributed by atoms with Gasteiger partial charge in [-0.05, 0) is 51.5 Å². The molecule has 1 aliphatic heterocycles. The van der Waals surface area contributed by atoms with Crippen LogP contribution in [0.25, 0.3) is 5.82 Å². The number of nitrogens with two attached hydrogens (primary N) is 1. The van der Waals surface area contributed by atoms with Gasteiger partial charge in [0.05, 0.1) is 0 Å². The van der Waals surface area contributed by atoms with E-state index in [9.17, 15) is 9.59 Å². The minimum absolute atomic E-state index is 0.0790. The first-order chi connectivity index (χ1) is 18.0. The van der Waals surface area contributed by atoms with Gasteiger partial charge in [0, 0.05) is 57.6 Å². The molecule has 0 bridgehead atoms. The summed E-state index contributed by atoms with van der Waals surface area (Å²) < 4.78 is 6.85. The summed E-state index contributed by atoms with van der Waals surface area (Å²) in [6, 6.07) is 8.99. The van der Waals surface area contributed by atoms with Crippen molar-refractivity contribution < 1.29 is 14.3 Å². The number of carbonyl (C=O) groups is 2. The zero-order valence-electron chi connectivity index (χ0n) is 22.4. The van der Waals surface area contributed by atoms with E-state index in [1.807, 2.05) is 25.7 Å². The summed E-state index contributed by atoms with van der Waals surface area (Å²) >= 11 is 0. The second-order valence-corrected chi connectivity index (χ2v) is 10.00. The summed E-state index contributed by atoms with van der Waals surface area (Å²) in [5, 5.41) is 7.59. The number of amides is 2.